The van der Waals surface area contributed by atoms with Gasteiger partial charge in [0.1, 0.15) is 10.5 Å². The molecule has 0 spiro atoms. The Balaban J connectivity index is 1.56. The molecule has 6 rings (SSSR count). The van der Waals surface area contributed by atoms with Crippen molar-refractivity contribution in [2.75, 3.05) is 0 Å². The van der Waals surface area contributed by atoms with Crippen molar-refractivity contribution in [1.82, 2.24) is 14.9 Å². The van der Waals surface area contributed by atoms with Crippen molar-refractivity contribution < 1.29 is 13.9 Å². The van der Waals surface area contributed by atoms with Gasteiger partial charge in [0.2, 0.25) is 0 Å². The molecule has 0 N–H and O–H groups in total. The van der Waals surface area contributed by atoms with E-state index in [9.17, 15) is 4.79 Å². The van der Waals surface area contributed by atoms with Crippen molar-refractivity contribution in [2.24, 2.45) is 0 Å². The maximum absolute atomic E-state index is 12.3. The molecule has 6 aromatic rings. The second-order valence-corrected chi connectivity index (χ2v) is 8.83. The molecule has 0 aliphatic rings. The van der Waals surface area contributed by atoms with E-state index in [1.807, 2.05) is 89.6 Å². The van der Waals surface area contributed by atoms with Gasteiger partial charge in [0.05, 0.1) is 28.2 Å². The summed E-state index contributed by atoms with van der Waals surface area (Å²) in [7, 11) is 0. The molecule has 0 saturated carbocycles. The first-order valence-electron chi connectivity index (χ1n) is 10.8. The number of aromatic nitrogens is 4. The standard InChI is InChI=1S/C27H19N4O2S/c1-18(32)30-26(20-13-7-3-8-14-20)33-25(29-30)23-17-22-24(19-11-5-2-6-12-19)28-31(27(22)34-23)21-15-9-4-10-16-21/h2-17H,1H3/q+1. The number of benzene rings is 3. The molecule has 0 atom stereocenters. The molecule has 0 radical (unpaired) electrons. The van der Waals surface area contributed by atoms with Gasteiger partial charge in [-0.2, -0.15) is 5.10 Å². The Labute approximate surface area is 199 Å². The Hall–Kier alpha value is -4.36. The number of para-hydroxylation sites is 1. The summed E-state index contributed by atoms with van der Waals surface area (Å²) in [6, 6.07) is 31.7. The van der Waals surface area contributed by atoms with Crippen LogP contribution in [0, 0.1) is 0 Å². The topological polar surface area (TPSA) is 64.8 Å². The maximum Gasteiger partial charge on any atom is 0.417 e. The Morgan fingerprint density at radius 2 is 1.50 bits per heavy atom. The second kappa shape index (κ2) is 8.20. The number of rotatable bonds is 4. The molecule has 0 saturated heterocycles. The number of carbonyl (C=O) groups excluding carboxylic acids is 1. The molecule has 0 amide bonds. The minimum atomic E-state index is -0.213. The van der Waals surface area contributed by atoms with Crippen molar-refractivity contribution in [2.45, 2.75) is 6.92 Å². The van der Waals surface area contributed by atoms with Crippen LogP contribution in [0.15, 0.2) is 101 Å². The van der Waals surface area contributed by atoms with Crippen LogP contribution < -0.4 is 4.68 Å². The van der Waals surface area contributed by atoms with Gasteiger partial charge in [-0.3, -0.25) is 0 Å². The number of hydrogen-bond acceptors (Lipinski definition) is 5. The number of thiophene rings is 1. The van der Waals surface area contributed by atoms with E-state index in [1.165, 1.54) is 22.9 Å². The predicted octanol–water partition coefficient (Wildman–Crippen LogP) is 6.02. The lowest BCUT2D eigenvalue weighted by molar-refractivity contribution is -0.624. The maximum atomic E-state index is 12.3. The molecule has 164 valence electrons. The number of nitrogens with zero attached hydrogens (tertiary/aromatic N) is 4. The summed E-state index contributed by atoms with van der Waals surface area (Å²) in [5.41, 5.74) is 3.68. The predicted molar refractivity (Wildman–Crippen MR) is 132 cm³/mol. The monoisotopic (exact) mass is 463 g/mol. The van der Waals surface area contributed by atoms with Crippen molar-refractivity contribution in [3.63, 3.8) is 0 Å². The molecule has 3 aromatic heterocycles. The summed E-state index contributed by atoms with van der Waals surface area (Å²) in [6.07, 6.45) is 0. The molecular weight excluding hydrogens is 444 g/mol. The molecule has 0 aliphatic heterocycles. The molecule has 0 bridgehead atoms. The average molecular weight is 464 g/mol. The van der Waals surface area contributed by atoms with Crippen molar-refractivity contribution >= 4 is 27.5 Å². The van der Waals surface area contributed by atoms with E-state index in [2.05, 4.69) is 17.2 Å². The van der Waals surface area contributed by atoms with Crippen LogP contribution in [0.3, 0.4) is 0 Å². The van der Waals surface area contributed by atoms with E-state index in [1.54, 1.807) is 0 Å². The van der Waals surface area contributed by atoms with E-state index < -0.39 is 0 Å². The number of fused-ring (bicyclic) bond motifs is 1. The fraction of sp³-hybridized carbons (Fsp3) is 0.0370. The summed E-state index contributed by atoms with van der Waals surface area (Å²) in [4.78, 5) is 14.1. The fourth-order valence-corrected chi connectivity index (χ4v) is 4.99. The highest BCUT2D eigenvalue weighted by Gasteiger charge is 2.30. The quantitative estimate of drug-likeness (QED) is 0.300. The molecule has 3 aromatic carbocycles. The normalized spacial score (nSPS) is 11.2. The lowest BCUT2D eigenvalue weighted by Gasteiger charge is -2.01. The van der Waals surface area contributed by atoms with Gasteiger partial charge in [-0.25, -0.2) is 9.48 Å². The van der Waals surface area contributed by atoms with Crippen molar-refractivity contribution in [3.05, 3.63) is 97.1 Å². The molecular formula is C27H19N4O2S+. The van der Waals surface area contributed by atoms with Gasteiger partial charge >= 0.3 is 17.7 Å². The highest BCUT2D eigenvalue weighted by molar-refractivity contribution is 7.22. The van der Waals surface area contributed by atoms with Crippen molar-refractivity contribution in [3.8, 4) is 39.2 Å². The summed E-state index contributed by atoms with van der Waals surface area (Å²) < 4.78 is 9.42. The van der Waals surface area contributed by atoms with Crippen LogP contribution in [-0.4, -0.2) is 20.8 Å². The SMILES string of the molecule is CC(=O)[n+]1nc(-c2cc3c(-c4ccccc4)nn(-c4ccccc4)c3s2)oc1-c1ccccc1. The van der Waals surface area contributed by atoms with Gasteiger partial charge in [0, 0.05) is 15.6 Å². The highest BCUT2D eigenvalue weighted by atomic mass is 32.1. The summed E-state index contributed by atoms with van der Waals surface area (Å²) in [5, 5.41) is 10.5. The zero-order valence-corrected chi connectivity index (χ0v) is 19.1. The summed E-state index contributed by atoms with van der Waals surface area (Å²) >= 11 is 1.54. The zero-order chi connectivity index (χ0) is 23.1. The third-order valence-electron chi connectivity index (χ3n) is 5.51. The Morgan fingerprint density at radius 3 is 2.15 bits per heavy atom. The van der Waals surface area contributed by atoms with Gasteiger partial charge in [0.25, 0.3) is 0 Å². The highest BCUT2D eigenvalue weighted by Crippen LogP contribution is 2.39. The summed E-state index contributed by atoms with van der Waals surface area (Å²) in [5.74, 6) is 0.595. The molecule has 0 fully saturated rings. The van der Waals surface area contributed by atoms with Crippen LogP contribution in [-0.2, 0) is 0 Å². The Morgan fingerprint density at radius 1 is 0.882 bits per heavy atom. The van der Waals surface area contributed by atoms with Crippen LogP contribution >= 0.6 is 11.3 Å². The first kappa shape index (κ1) is 20.3. The first-order chi connectivity index (χ1) is 16.7. The number of hydrogen-bond donors (Lipinski definition) is 0. The molecule has 6 nitrogen and oxygen atoms in total. The zero-order valence-electron chi connectivity index (χ0n) is 18.3. The molecule has 3 heterocycles. The molecule has 0 aliphatic carbocycles. The third-order valence-corrected chi connectivity index (χ3v) is 6.61. The van der Waals surface area contributed by atoms with E-state index in [0.29, 0.717) is 11.8 Å². The van der Waals surface area contributed by atoms with E-state index in [0.717, 1.165) is 37.6 Å². The van der Waals surface area contributed by atoms with Crippen LogP contribution in [0.25, 0.3) is 49.4 Å². The van der Waals surface area contributed by atoms with Gasteiger partial charge in [-0.1, -0.05) is 66.7 Å². The Bertz CT molecular complexity index is 1550. The van der Waals surface area contributed by atoms with Crippen LogP contribution in [0.1, 0.15) is 11.7 Å². The molecule has 0 unspecified atom stereocenters. The molecule has 7 heteroatoms. The smallest absolute Gasteiger partial charge is 0.376 e. The third kappa shape index (κ3) is 3.43. The molecule has 34 heavy (non-hydrogen) atoms. The van der Waals surface area contributed by atoms with Gasteiger partial charge < -0.3 is 4.42 Å². The van der Waals surface area contributed by atoms with Crippen LogP contribution in [0.5, 0.6) is 0 Å². The average Bonchev–Trinajstić information content (AvgIpc) is 3.59. The van der Waals surface area contributed by atoms with E-state index in [-0.39, 0.29) is 5.91 Å². The van der Waals surface area contributed by atoms with Crippen LogP contribution in [0.2, 0.25) is 0 Å². The largest absolute Gasteiger partial charge is 0.417 e. The van der Waals surface area contributed by atoms with Gasteiger partial charge in [-0.15, -0.1) is 11.3 Å². The van der Waals surface area contributed by atoms with E-state index in [4.69, 9.17) is 9.52 Å². The summed E-state index contributed by atoms with van der Waals surface area (Å²) in [6.45, 7) is 1.48. The van der Waals surface area contributed by atoms with Gasteiger partial charge in [0.15, 0.2) is 0 Å². The van der Waals surface area contributed by atoms with Crippen LogP contribution in [0.4, 0.5) is 0 Å². The minimum Gasteiger partial charge on any atom is -0.376 e. The minimum absolute atomic E-state index is 0.213. The van der Waals surface area contributed by atoms with E-state index >= 15 is 0 Å². The number of carbonyl (C=O) groups is 1. The second-order valence-electron chi connectivity index (χ2n) is 7.80. The van der Waals surface area contributed by atoms with Crippen molar-refractivity contribution in [1.29, 1.82) is 0 Å². The lowest BCUT2D eigenvalue weighted by Crippen LogP contribution is -2.43. The Kier molecular flexibility index (Phi) is 4.89. The first-order valence-corrected chi connectivity index (χ1v) is 11.6. The lowest BCUT2D eigenvalue weighted by atomic mass is 10.1. The fourth-order valence-electron chi connectivity index (χ4n) is 3.93. The van der Waals surface area contributed by atoms with Gasteiger partial charge in [-0.05, 0) is 30.3 Å².